The van der Waals surface area contributed by atoms with Crippen LogP contribution in [0.25, 0.3) is 0 Å². The Bertz CT molecular complexity index is 176. The molecule has 1 aliphatic rings. The van der Waals surface area contributed by atoms with Gasteiger partial charge in [-0.3, -0.25) is 4.79 Å². The lowest BCUT2D eigenvalue weighted by molar-refractivity contribution is -0.143. The Kier molecular flexibility index (Phi) is 6.41. The fraction of sp³-hybridized carbons (Fsp3) is 0.917. The van der Waals surface area contributed by atoms with Crippen LogP contribution in [0.2, 0.25) is 0 Å². The minimum atomic E-state index is -0.0693. The first-order chi connectivity index (χ1) is 7.33. The van der Waals surface area contributed by atoms with Crippen LogP contribution in [0.5, 0.6) is 0 Å². The maximum Gasteiger partial charge on any atom is 0.305 e. The monoisotopic (exact) mass is 213 g/mol. The van der Waals surface area contributed by atoms with E-state index < -0.39 is 0 Å². The number of ether oxygens (including phenoxy) is 1. The van der Waals surface area contributed by atoms with E-state index in [1.165, 1.54) is 25.7 Å². The van der Waals surface area contributed by atoms with Crippen LogP contribution in [0.15, 0.2) is 0 Å². The molecule has 1 saturated carbocycles. The number of carbonyl (C=O) groups is 1. The molecule has 1 rings (SSSR count). The number of hydrogen-bond acceptors (Lipinski definition) is 3. The maximum atomic E-state index is 11.0. The number of rotatable bonds is 7. The average Bonchev–Trinajstić information content (AvgIpc) is 2.70. The fourth-order valence-electron chi connectivity index (χ4n) is 2.11. The summed E-state index contributed by atoms with van der Waals surface area (Å²) in [4.78, 5) is 11.0. The predicted octanol–water partition coefficient (Wildman–Crippen LogP) is 2.11. The van der Waals surface area contributed by atoms with Gasteiger partial charge in [0.2, 0.25) is 0 Å². The van der Waals surface area contributed by atoms with Crippen LogP contribution in [0.3, 0.4) is 0 Å². The molecule has 0 saturated heterocycles. The van der Waals surface area contributed by atoms with Gasteiger partial charge in [-0.25, -0.2) is 0 Å². The van der Waals surface area contributed by atoms with Crippen LogP contribution >= 0.6 is 0 Å². The molecule has 0 bridgehead atoms. The van der Waals surface area contributed by atoms with Crippen LogP contribution in [0.1, 0.15) is 45.4 Å². The summed E-state index contributed by atoms with van der Waals surface area (Å²) in [6.07, 6.45) is 7.00. The number of esters is 1. The molecule has 1 N–H and O–H groups in total. The summed E-state index contributed by atoms with van der Waals surface area (Å²) in [6, 6.07) is 0. The van der Waals surface area contributed by atoms with Gasteiger partial charge in [0, 0.05) is 6.42 Å². The first-order valence-electron chi connectivity index (χ1n) is 6.19. The Morgan fingerprint density at radius 3 is 2.80 bits per heavy atom. The van der Waals surface area contributed by atoms with Crippen molar-refractivity contribution in [3.8, 4) is 0 Å². The smallest absolute Gasteiger partial charge is 0.305 e. The van der Waals surface area contributed by atoms with Gasteiger partial charge in [-0.2, -0.15) is 0 Å². The first kappa shape index (κ1) is 12.5. The fourth-order valence-corrected chi connectivity index (χ4v) is 2.11. The van der Waals surface area contributed by atoms with E-state index in [-0.39, 0.29) is 5.97 Å². The lowest BCUT2D eigenvalue weighted by atomic mass is 10.1. The summed E-state index contributed by atoms with van der Waals surface area (Å²) in [5.74, 6) is 0.813. The van der Waals surface area contributed by atoms with E-state index >= 15 is 0 Å². The highest BCUT2D eigenvalue weighted by Gasteiger charge is 2.13. The summed E-state index contributed by atoms with van der Waals surface area (Å²) in [6.45, 7) is 4.41. The highest BCUT2D eigenvalue weighted by atomic mass is 16.5. The lowest BCUT2D eigenvalue weighted by Gasteiger charge is -2.09. The third-order valence-electron chi connectivity index (χ3n) is 2.95. The topological polar surface area (TPSA) is 38.3 Å². The van der Waals surface area contributed by atoms with Crippen molar-refractivity contribution in [2.45, 2.75) is 45.4 Å². The van der Waals surface area contributed by atoms with E-state index in [1.807, 2.05) is 6.92 Å². The molecular weight excluding hydrogens is 190 g/mol. The lowest BCUT2D eigenvalue weighted by Crippen LogP contribution is -2.22. The zero-order valence-electron chi connectivity index (χ0n) is 9.76. The van der Waals surface area contributed by atoms with Gasteiger partial charge < -0.3 is 10.1 Å². The van der Waals surface area contributed by atoms with Crippen LogP contribution < -0.4 is 5.32 Å². The Hall–Kier alpha value is -0.570. The molecule has 0 aliphatic heterocycles. The van der Waals surface area contributed by atoms with Crippen molar-refractivity contribution < 1.29 is 9.53 Å². The number of carbonyl (C=O) groups excluding carboxylic acids is 1. The Labute approximate surface area is 92.6 Å². The molecular formula is C12H23NO2. The van der Waals surface area contributed by atoms with Gasteiger partial charge in [-0.15, -0.1) is 0 Å². The second-order valence-electron chi connectivity index (χ2n) is 4.26. The summed E-state index contributed by atoms with van der Waals surface area (Å²) in [5.41, 5.74) is 0. The summed E-state index contributed by atoms with van der Waals surface area (Å²) >= 11 is 0. The molecule has 0 aromatic heterocycles. The maximum absolute atomic E-state index is 11.0. The van der Waals surface area contributed by atoms with Crippen molar-refractivity contribution in [2.24, 2.45) is 5.92 Å². The van der Waals surface area contributed by atoms with Crippen LogP contribution in [0, 0.1) is 5.92 Å². The van der Waals surface area contributed by atoms with Crippen molar-refractivity contribution >= 4 is 5.97 Å². The van der Waals surface area contributed by atoms with E-state index in [0.717, 1.165) is 25.4 Å². The third-order valence-corrected chi connectivity index (χ3v) is 2.95. The second kappa shape index (κ2) is 7.69. The average molecular weight is 213 g/mol. The van der Waals surface area contributed by atoms with Gasteiger partial charge in [-0.1, -0.05) is 12.8 Å². The molecule has 1 fully saturated rings. The molecule has 0 unspecified atom stereocenters. The van der Waals surface area contributed by atoms with Crippen molar-refractivity contribution in [1.82, 2.24) is 5.32 Å². The molecule has 0 aromatic rings. The van der Waals surface area contributed by atoms with E-state index in [2.05, 4.69) is 5.32 Å². The summed E-state index contributed by atoms with van der Waals surface area (Å²) in [5, 5.41) is 3.42. The van der Waals surface area contributed by atoms with Crippen LogP contribution in [-0.2, 0) is 9.53 Å². The van der Waals surface area contributed by atoms with E-state index in [9.17, 15) is 4.79 Å². The zero-order valence-corrected chi connectivity index (χ0v) is 9.76. The summed E-state index contributed by atoms with van der Waals surface area (Å²) in [7, 11) is 0. The van der Waals surface area contributed by atoms with Gasteiger partial charge in [0.05, 0.1) is 6.61 Å². The molecule has 0 atom stereocenters. The number of nitrogens with one attached hydrogen (secondary N) is 1. The van der Waals surface area contributed by atoms with Crippen molar-refractivity contribution in [2.75, 3.05) is 19.7 Å². The zero-order chi connectivity index (χ0) is 10.9. The molecule has 0 spiro atoms. The molecule has 0 amide bonds. The van der Waals surface area contributed by atoms with E-state index in [4.69, 9.17) is 4.74 Å². The largest absolute Gasteiger partial charge is 0.466 e. The molecule has 3 heteroatoms. The van der Waals surface area contributed by atoms with Gasteiger partial charge in [0.25, 0.3) is 0 Å². The third kappa shape index (κ3) is 5.78. The highest BCUT2D eigenvalue weighted by Crippen LogP contribution is 2.23. The minimum Gasteiger partial charge on any atom is -0.466 e. The van der Waals surface area contributed by atoms with Gasteiger partial charge in [0.15, 0.2) is 0 Å². The molecule has 0 aromatic carbocycles. The highest BCUT2D eigenvalue weighted by molar-refractivity contribution is 5.69. The molecule has 0 heterocycles. The van der Waals surface area contributed by atoms with Crippen molar-refractivity contribution in [3.63, 3.8) is 0 Å². The second-order valence-corrected chi connectivity index (χ2v) is 4.26. The van der Waals surface area contributed by atoms with Gasteiger partial charge >= 0.3 is 5.97 Å². The molecule has 88 valence electrons. The van der Waals surface area contributed by atoms with Crippen molar-refractivity contribution in [1.29, 1.82) is 0 Å². The Morgan fingerprint density at radius 2 is 2.13 bits per heavy atom. The molecule has 1 aliphatic carbocycles. The van der Waals surface area contributed by atoms with Crippen molar-refractivity contribution in [3.05, 3.63) is 0 Å². The van der Waals surface area contributed by atoms with Gasteiger partial charge in [-0.05, 0) is 45.2 Å². The normalized spacial score (nSPS) is 16.9. The Balaban J connectivity index is 1.86. The van der Waals surface area contributed by atoms with Crippen LogP contribution in [0.4, 0.5) is 0 Å². The van der Waals surface area contributed by atoms with E-state index in [1.54, 1.807) is 0 Å². The summed E-state index contributed by atoms with van der Waals surface area (Å²) < 4.78 is 4.86. The predicted molar refractivity (Wildman–Crippen MR) is 60.7 cm³/mol. The quantitative estimate of drug-likeness (QED) is 0.520. The molecule has 3 nitrogen and oxygen atoms in total. The van der Waals surface area contributed by atoms with E-state index in [0.29, 0.717) is 13.0 Å². The molecule has 15 heavy (non-hydrogen) atoms. The SMILES string of the molecule is CCOC(=O)CCCNCC1CCCC1. The van der Waals surface area contributed by atoms with Crippen LogP contribution in [-0.4, -0.2) is 25.7 Å². The first-order valence-corrected chi connectivity index (χ1v) is 6.19. The Morgan fingerprint density at radius 1 is 1.40 bits per heavy atom. The standard InChI is InChI=1S/C12H23NO2/c1-2-15-12(14)8-5-9-13-10-11-6-3-4-7-11/h11,13H,2-10H2,1H3. The van der Waals surface area contributed by atoms with Gasteiger partial charge in [0.1, 0.15) is 0 Å². The minimum absolute atomic E-state index is 0.0693. The molecule has 0 radical (unpaired) electrons. The number of hydrogen-bond donors (Lipinski definition) is 1.